The molecule has 0 unspecified atom stereocenters. The van der Waals surface area contributed by atoms with Crippen molar-refractivity contribution < 1.29 is 4.79 Å². The Morgan fingerprint density at radius 3 is 2.65 bits per heavy atom. The Morgan fingerprint density at radius 1 is 1.04 bits per heavy atom. The van der Waals surface area contributed by atoms with Gasteiger partial charge in [-0.3, -0.25) is 14.5 Å². The zero-order valence-corrected chi connectivity index (χ0v) is 14.7. The van der Waals surface area contributed by atoms with Crippen molar-refractivity contribution in [2.75, 3.05) is 26.2 Å². The second kappa shape index (κ2) is 7.36. The largest absolute Gasteiger partial charge is 0.335 e. The van der Waals surface area contributed by atoms with Gasteiger partial charge in [0.25, 0.3) is 11.5 Å². The first kappa shape index (κ1) is 16.9. The highest BCUT2D eigenvalue weighted by Gasteiger charge is 2.25. The van der Waals surface area contributed by atoms with Crippen molar-refractivity contribution in [2.45, 2.75) is 38.8 Å². The van der Waals surface area contributed by atoms with Gasteiger partial charge >= 0.3 is 0 Å². The number of fused-ring (bicyclic) bond motifs is 1. The van der Waals surface area contributed by atoms with Gasteiger partial charge in [0.1, 0.15) is 17.3 Å². The monoisotopic (exact) mass is 357 g/mol. The Labute approximate surface area is 151 Å². The summed E-state index contributed by atoms with van der Waals surface area (Å²) in [4.78, 5) is 27.6. The summed E-state index contributed by atoms with van der Waals surface area (Å²) in [7, 11) is 0. The van der Waals surface area contributed by atoms with Crippen molar-refractivity contribution >= 4 is 5.91 Å². The van der Waals surface area contributed by atoms with Crippen LogP contribution in [0.25, 0.3) is 0 Å². The number of hydrogen-bond donors (Lipinski definition) is 1. The molecular weight excluding hydrogens is 334 g/mol. The van der Waals surface area contributed by atoms with Gasteiger partial charge in [-0.05, 0) is 18.9 Å². The molecule has 1 amide bonds. The minimum Gasteiger partial charge on any atom is -0.335 e. The normalized spacial score (nSPS) is 18.4. The maximum Gasteiger partial charge on any atom is 0.274 e. The molecule has 4 rings (SSSR count). The maximum absolute atomic E-state index is 12.5. The van der Waals surface area contributed by atoms with Crippen molar-refractivity contribution in [1.29, 1.82) is 0 Å². The molecule has 2 aliphatic heterocycles. The molecule has 0 radical (unpaired) electrons. The van der Waals surface area contributed by atoms with E-state index in [4.69, 9.17) is 0 Å². The van der Waals surface area contributed by atoms with E-state index >= 15 is 0 Å². The van der Waals surface area contributed by atoms with E-state index in [0.717, 1.165) is 44.2 Å². The fourth-order valence-electron chi connectivity index (χ4n) is 3.60. The summed E-state index contributed by atoms with van der Waals surface area (Å²) in [6, 6.07) is 2.80. The van der Waals surface area contributed by atoms with Crippen molar-refractivity contribution in [3.8, 4) is 0 Å². The van der Waals surface area contributed by atoms with E-state index in [2.05, 4.69) is 29.9 Å². The van der Waals surface area contributed by atoms with Crippen LogP contribution in [0.2, 0.25) is 0 Å². The highest BCUT2D eigenvalue weighted by atomic mass is 16.2. The van der Waals surface area contributed by atoms with Crippen LogP contribution in [0.1, 0.15) is 41.4 Å². The minimum absolute atomic E-state index is 0.141. The number of nitrogens with one attached hydrogen (secondary N) is 1. The number of carbonyl (C=O) groups is 1. The summed E-state index contributed by atoms with van der Waals surface area (Å²) in [6.45, 7) is 4.63. The number of carbonyl (C=O) groups excluding carboxylic acids is 1. The smallest absolute Gasteiger partial charge is 0.274 e. The van der Waals surface area contributed by atoms with Crippen LogP contribution in [-0.4, -0.2) is 66.8 Å². The first-order valence-corrected chi connectivity index (χ1v) is 9.19. The number of aryl methyl sites for hydroxylation is 1. The summed E-state index contributed by atoms with van der Waals surface area (Å²) >= 11 is 0. The standard InChI is InChI=1S/C17H23N7O2/c25-16-6-5-13(18-21-16)17(26)23-10-8-22(9-11-23)12-15-20-19-14-4-2-1-3-7-24(14)15/h5-6H,1-4,7-12H2,(H,21,25). The van der Waals surface area contributed by atoms with Crippen LogP contribution in [0.3, 0.4) is 0 Å². The van der Waals surface area contributed by atoms with Gasteiger partial charge < -0.3 is 9.47 Å². The first-order chi connectivity index (χ1) is 12.7. The van der Waals surface area contributed by atoms with E-state index in [-0.39, 0.29) is 17.2 Å². The summed E-state index contributed by atoms with van der Waals surface area (Å²) in [5.74, 6) is 2.00. The molecular formula is C17H23N7O2. The number of H-pyrrole nitrogens is 1. The summed E-state index contributed by atoms with van der Waals surface area (Å²) in [6.07, 6.45) is 4.65. The van der Waals surface area contributed by atoms with Crippen LogP contribution >= 0.6 is 0 Å². The summed E-state index contributed by atoms with van der Waals surface area (Å²) < 4.78 is 2.27. The molecule has 9 nitrogen and oxygen atoms in total. The third-order valence-corrected chi connectivity index (χ3v) is 5.11. The van der Waals surface area contributed by atoms with Gasteiger partial charge in [-0.25, -0.2) is 5.10 Å². The predicted molar refractivity (Wildman–Crippen MR) is 93.6 cm³/mol. The van der Waals surface area contributed by atoms with Crippen molar-refractivity contribution in [3.63, 3.8) is 0 Å². The van der Waals surface area contributed by atoms with Crippen LogP contribution in [0.15, 0.2) is 16.9 Å². The molecule has 2 aliphatic rings. The SMILES string of the molecule is O=C(c1ccc(=O)[nH]n1)N1CCN(Cc2nnc3n2CCCCC3)CC1. The topological polar surface area (TPSA) is 100 Å². The van der Waals surface area contributed by atoms with E-state index in [1.807, 2.05) is 0 Å². The average Bonchev–Trinajstić information content (AvgIpc) is 2.89. The number of nitrogens with zero attached hydrogens (tertiary/aromatic N) is 6. The van der Waals surface area contributed by atoms with Gasteiger partial charge in [0.05, 0.1) is 6.54 Å². The van der Waals surface area contributed by atoms with E-state index < -0.39 is 0 Å². The fraction of sp³-hybridized carbons (Fsp3) is 0.588. The van der Waals surface area contributed by atoms with E-state index in [9.17, 15) is 9.59 Å². The van der Waals surface area contributed by atoms with E-state index in [1.165, 1.54) is 31.4 Å². The van der Waals surface area contributed by atoms with Crippen LogP contribution in [0.4, 0.5) is 0 Å². The zero-order valence-electron chi connectivity index (χ0n) is 14.7. The molecule has 0 aliphatic carbocycles. The fourth-order valence-corrected chi connectivity index (χ4v) is 3.60. The highest BCUT2D eigenvalue weighted by Crippen LogP contribution is 2.16. The number of rotatable bonds is 3. The molecule has 0 saturated carbocycles. The quantitative estimate of drug-likeness (QED) is 0.833. The lowest BCUT2D eigenvalue weighted by molar-refractivity contribution is 0.0617. The Hall–Kier alpha value is -2.55. The van der Waals surface area contributed by atoms with Crippen molar-refractivity contribution in [3.05, 3.63) is 39.8 Å². The Bertz CT molecular complexity index is 815. The molecule has 9 heteroatoms. The van der Waals surface area contributed by atoms with E-state index in [0.29, 0.717) is 13.1 Å². The van der Waals surface area contributed by atoms with Crippen LogP contribution in [0, 0.1) is 0 Å². The van der Waals surface area contributed by atoms with Gasteiger partial charge in [-0.15, -0.1) is 10.2 Å². The van der Waals surface area contributed by atoms with Gasteiger partial charge in [0, 0.05) is 45.2 Å². The summed E-state index contributed by atoms with van der Waals surface area (Å²) in [5, 5.41) is 14.9. The molecule has 4 heterocycles. The lowest BCUT2D eigenvalue weighted by atomic mass is 10.2. The van der Waals surface area contributed by atoms with Gasteiger partial charge in [0.15, 0.2) is 0 Å². The molecule has 0 atom stereocenters. The molecule has 0 bridgehead atoms. The van der Waals surface area contributed by atoms with Crippen LogP contribution in [0.5, 0.6) is 0 Å². The third kappa shape index (κ3) is 3.52. The van der Waals surface area contributed by atoms with Crippen molar-refractivity contribution in [2.24, 2.45) is 0 Å². The minimum atomic E-state index is -0.307. The third-order valence-electron chi connectivity index (χ3n) is 5.11. The first-order valence-electron chi connectivity index (χ1n) is 9.19. The van der Waals surface area contributed by atoms with Crippen molar-refractivity contribution in [1.82, 2.24) is 34.8 Å². The average molecular weight is 357 g/mol. The molecule has 1 saturated heterocycles. The van der Waals surface area contributed by atoms with E-state index in [1.54, 1.807) is 4.90 Å². The number of piperazine rings is 1. The Morgan fingerprint density at radius 2 is 1.88 bits per heavy atom. The number of hydrogen-bond acceptors (Lipinski definition) is 6. The predicted octanol–water partition coefficient (Wildman–Crippen LogP) is 0.0458. The molecule has 138 valence electrons. The van der Waals surface area contributed by atoms with Crippen LogP contribution < -0.4 is 5.56 Å². The summed E-state index contributed by atoms with van der Waals surface area (Å²) in [5.41, 5.74) is -0.0281. The zero-order chi connectivity index (χ0) is 17.9. The Balaban J connectivity index is 1.35. The molecule has 26 heavy (non-hydrogen) atoms. The number of aromatic amines is 1. The van der Waals surface area contributed by atoms with Gasteiger partial charge in [0.2, 0.25) is 0 Å². The molecule has 2 aromatic heterocycles. The molecule has 0 aromatic carbocycles. The lowest BCUT2D eigenvalue weighted by Crippen LogP contribution is -2.48. The number of aromatic nitrogens is 5. The molecule has 0 spiro atoms. The maximum atomic E-state index is 12.5. The van der Waals surface area contributed by atoms with Gasteiger partial charge in [-0.2, -0.15) is 5.10 Å². The highest BCUT2D eigenvalue weighted by molar-refractivity contribution is 5.92. The lowest BCUT2D eigenvalue weighted by Gasteiger charge is -2.34. The molecule has 2 aromatic rings. The number of amides is 1. The Kier molecular flexibility index (Phi) is 4.79. The second-order valence-corrected chi connectivity index (χ2v) is 6.87. The molecule has 1 N–H and O–H groups in total. The second-order valence-electron chi connectivity index (χ2n) is 6.87. The van der Waals surface area contributed by atoms with Gasteiger partial charge in [-0.1, -0.05) is 6.42 Å². The van der Waals surface area contributed by atoms with Crippen LogP contribution in [-0.2, 0) is 19.5 Å². The molecule has 1 fully saturated rings.